The van der Waals surface area contributed by atoms with Crippen molar-refractivity contribution in [3.8, 4) is 0 Å². The van der Waals surface area contributed by atoms with Crippen LogP contribution in [0.2, 0.25) is 0 Å². The first-order chi connectivity index (χ1) is 9.85. The first kappa shape index (κ1) is 13.2. The summed E-state index contributed by atoms with van der Waals surface area (Å²) in [6.45, 7) is 4.02. The first-order valence-corrected chi connectivity index (χ1v) is 7.35. The van der Waals surface area contributed by atoms with E-state index in [1.54, 1.807) is 0 Å². The van der Waals surface area contributed by atoms with Crippen molar-refractivity contribution in [1.29, 1.82) is 0 Å². The van der Waals surface area contributed by atoms with Gasteiger partial charge in [-0.1, -0.05) is 18.6 Å². The van der Waals surface area contributed by atoms with E-state index in [0.29, 0.717) is 6.54 Å². The summed E-state index contributed by atoms with van der Waals surface area (Å²) in [7, 11) is 0. The van der Waals surface area contributed by atoms with Crippen LogP contribution in [0, 0.1) is 0 Å². The number of rotatable bonds is 5. The molecule has 3 rings (SSSR count). The summed E-state index contributed by atoms with van der Waals surface area (Å²) in [6, 6.07) is 8.54. The Morgan fingerprint density at radius 1 is 1.20 bits per heavy atom. The quantitative estimate of drug-likeness (QED) is 0.820. The van der Waals surface area contributed by atoms with E-state index >= 15 is 0 Å². The smallest absolute Gasteiger partial charge is 0.207 e. The summed E-state index contributed by atoms with van der Waals surface area (Å²) in [5.74, 6) is 0. The van der Waals surface area contributed by atoms with Crippen LogP contribution < -0.4 is 5.32 Å². The molecular weight excluding hydrogens is 250 g/mol. The maximum absolute atomic E-state index is 10.3. The fourth-order valence-electron chi connectivity index (χ4n) is 2.95. The van der Waals surface area contributed by atoms with Gasteiger partial charge in [0.25, 0.3) is 0 Å². The Morgan fingerprint density at radius 3 is 2.85 bits per heavy atom. The average molecular weight is 271 g/mol. The van der Waals surface area contributed by atoms with E-state index in [2.05, 4.69) is 39.5 Å². The maximum atomic E-state index is 10.3. The third-order valence-corrected chi connectivity index (χ3v) is 3.97. The molecule has 0 radical (unpaired) electrons. The van der Waals surface area contributed by atoms with Crippen LogP contribution in [0.5, 0.6) is 0 Å². The molecule has 1 fully saturated rings. The van der Waals surface area contributed by atoms with Crippen molar-refractivity contribution in [3.63, 3.8) is 0 Å². The minimum atomic E-state index is 0.583. The summed E-state index contributed by atoms with van der Waals surface area (Å²) in [6.07, 6.45) is 4.75. The summed E-state index contributed by atoms with van der Waals surface area (Å²) in [5, 5.41) is 3.94. The van der Waals surface area contributed by atoms with E-state index in [-0.39, 0.29) is 0 Å². The first-order valence-electron chi connectivity index (χ1n) is 7.35. The molecule has 2 aromatic rings. The number of hydrogen-bond donors (Lipinski definition) is 2. The van der Waals surface area contributed by atoms with E-state index in [4.69, 9.17) is 0 Å². The van der Waals surface area contributed by atoms with Gasteiger partial charge in [0, 0.05) is 24.3 Å². The van der Waals surface area contributed by atoms with Crippen LogP contribution in [0.25, 0.3) is 10.9 Å². The SMILES string of the molecule is O=CNCc1ccc2cc(CN3CCCCC3)[nH]c2c1. The van der Waals surface area contributed by atoms with Gasteiger partial charge in [0.2, 0.25) is 6.41 Å². The van der Waals surface area contributed by atoms with Crippen LogP contribution in [-0.2, 0) is 17.9 Å². The molecule has 4 nitrogen and oxygen atoms in total. The van der Waals surface area contributed by atoms with E-state index in [1.807, 2.05) is 0 Å². The van der Waals surface area contributed by atoms with Gasteiger partial charge in [0.05, 0.1) is 0 Å². The predicted octanol–water partition coefficient (Wildman–Crippen LogP) is 2.40. The Morgan fingerprint density at radius 2 is 2.05 bits per heavy atom. The van der Waals surface area contributed by atoms with Gasteiger partial charge in [-0.3, -0.25) is 9.69 Å². The van der Waals surface area contributed by atoms with Gasteiger partial charge >= 0.3 is 0 Å². The minimum absolute atomic E-state index is 0.583. The molecular formula is C16H21N3O. The molecule has 20 heavy (non-hydrogen) atoms. The number of aromatic nitrogens is 1. The zero-order chi connectivity index (χ0) is 13.8. The fraction of sp³-hybridized carbons (Fsp3) is 0.438. The molecule has 1 aromatic heterocycles. The molecule has 4 heteroatoms. The Kier molecular flexibility index (Phi) is 4.02. The number of amides is 1. The number of carbonyl (C=O) groups is 1. The van der Waals surface area contributed by atoms with Gasteiger partial charge in [0.1, 0.15) is 0 Å². The number of nitrogens with one attached hydrogen (secondary N) is 2. The molecule has 2 heterocycles. The van der Waals surface area contributed by atoms with E-state index in [0.717, 1.165) is 24.0 Å². The second-order valence-corrected chi connectivity index (χ2v) is 5.55. The van der Waals surface area contributed by atoms with E-state index in [9.17, 15) is 4.79 Å². The molecule has 1 amide bonds. The van der Waals surface area contributed by atoms with Crippen LogP contribution in [0.15, 0.2) is 24.3 Å². The maximum Gasteiger partial charge on any atom is 0.207 e. The molecule has 0 atom stereocenters. The molecule has 106 valence electrons. The lowest BCUT2D eigenvalue weighted by atomic mass is 10.1. The van der Waals surface area contributed by atoms with Crippen molar-refractivity contribution in [2.24, 2.45) is 0 Å². The molecule has 2 N–H and O–H groups in total. The standard InChI is InChI=1S/C16H21N3O/c20-12-17-10-13-4-5-14-9-15(18-16(14)8-13)11-19-6-2-1-3-7-19/h4-5,8-9,12,18H,1-3,6-7,10-11H2,(H,17,20). The normalized spacial score (nSPS) is 16.4. The Hall–Kier alpha value is -1.81. The number of nitrogens with zero attached hydrogens (tertiary/aromatic N) is 1. The van der Waals surface area contributed by atoms with Crippen LogP contribution in [0.3, 0.4) is 0 Å². The summed E-state index contributed by atoms with van der Waals surface area (Å²) < 4.78 is 0. The highest BCUT2D eigenvalue weighted by Gasteiger charge is 2.11. The highest BCUT2D eigenvalue weighted by molar-refractivity contribution is 5.81. The van der Waals surface area contributed by atoms with Crippen LogP contribution in [0.1, 0.15) is 30.5 Å². The van der Waals surface area contributed by atoms with Crippen molar-refractivity contribution in [3.05, 3.63) is 35.5 Å². The second kappa shape index (κ2) is 6.09. The van der Waals surface area contributed by atoms with E-state index in [1.165, 1.54) is 43.4 Å². The Labute approximate surface area is 119 Å². The number of piperidine rings is 1. The summed E-state index contributed by atoms with van der Waals surface area (Å²) >= 11 is 0. The van der Waals surface area contributed by atoms with Crippen LogP contribution in [0.4, 0.5) is 0 Å². The van der Waals surface area contributed by atoms with Crippen molar-refractivity contribution in [2.75, 3.05) is 13.1 Å². The topological polar surface area (TPSA) is 48.1 Å². The number of hydrogen-bond acceptors (Lipinski definition) is 2. The largest absolute Gasteiger partial charge is 0.357 e. The third-order valence-electron chi connectivity index (χ3n) is 3.97. The van der Waals surface area contributed by atoms with Crippen molar-refractivity contribution in [1.82, 2.24) is 15.2 Å². The van der Waals surface area contributed by atoms with Crippen LogP contribution in [-0.4, -0.2) is 29.4 Å². The lowest BCUT2D eigenvalue weighted by Gasteiger charge is -2.25. The minimum Gasteiger partial charge on any atom is -0.357 e. The molecule has 1 aliphatic rings. The van der Waals surface area contributed by atoms with Gasteiger partial charge in [-0.25, -0.2) is 0 Å². The molecule has 0 bridgehead atoms. The van der Waals surface area contributed by atoms with Gasteiger partial charge < -0.3 is 10.3 Å². The number of benzene rings is 1. The van der Waals surface area contributed by atoms with Crippen molar-refractivity contribution >= 4 is 17.3 Å². The molecule has 0 aliphatic carbocycles. The molecule has 0 saturated carbocycles. The number of carbonyl (C=O) groups excluding carboxylic acids is 1. The van der Waals surface area contributed by atoms with Crippen molar-refractivity contribution < 1.29 is 4.79 Å². The molecule has 1 aliphatic heterocycles. The number of likely N-dealkylation sites (tertiary alicyclic amines) is 1. The summed E-state index contributed by atoms with van der Waals surface area (Å²) in [4.78, 5) is 16.4. The number of H-pyrrole nitrogens is 1. The van der Waals surface area contributed by atoms with Crippen molar-refractivity contribution in [2.45, 2.75) is 32.4 Å². The highest BCUT2D eigenvalue weighted by atomic mass is 16.1. The zero-order valence-electron chi connectivity index (χ0n) is 11.7. The van der Waals surface area contributed by atoms with Gasteiger partial charge in [-0.15, -0.1) is 0 Å². The highest BCUT2D eigenvalue weighted by Crippen LogP contribution is 2.19. The fourth-order valence-corrected chi connectivity index (χ4v) is 2.95. The molecule has 0 unspecified atom stereocenters. The molecule has 1 saturated heterocycles. The number of fused-ring (bicyclic) bond motifs is 1. The zero-order valence-corrected chi connectivity index (χ0v) is 11.7. The van der Waals surface area contributed by atoms with Gasteiger partial charge in [0.15, 0.2) is 0 Å². The third kappa shape index (κ3) is 3.02. The van der Waals surface area contributed by atoms with E-state index < -0.39 is 0 Å². The summed E-state index contributed by atoms with van der Waals surface area (Å²) in [5.41, 5.74) is 3.56. The van der Waals surface area contributed by atoms with Gasteiger partial charge in [-0.2, -0.15) is 0 Å². The molecule has 1 aromatic carbocycles. The lowest BCUT2D eigenvalue weighted by Crippen LogP contribution is -2.29. The number of aromatic amines is 1. The average Bonchev–Trinajstić information content (AvgIpc) is 2.87. The Bertz CT molecular complexity index is 584. The lowest BCUT2D eigenvalue weighted by molar-refractivity contribution is -0.109. The predicted molar refractivity (Wildman–Crippen MR) is 80.3 cm³/mol. The van der Waals surface area contributed by atoms with Crippen LogP contribution >= 0.6 is 0 Å². The monoisotopic (exact) mass is 271 g/mol. The Balaban J connectivity index is 1.73. The molecule has 0 spiro atoms. The van der Waals surface area contributed by atoms with Gasteiger partial charge in [-0.05, 0) is 49.0 Å². The second-order valence-electron chi connectivity index (χ2n) is 5.55.